The second-order valence-corrected chi connectivity index (χ2v) is 5.61. The molecule has 0 spiro atoms. The molecule has 1 amide bonds. The van der Waals surface area contributed by atoms with Gasteiger partial charge < -0.3 is 14.8 Å². The minimum atomic E-state index is -1.07. The summed E-state index contributed by atoms with van der Waals surface area (Å²) in [5, 5.41) is 2.74. The Morgan fingerprint density at radius 1 is 1.20 bits per heavy atom. The van der Waals surface area contributed by atoms with E-state index in [1.807, 2.05) is 0 Å². The lowest BCUT2D eigenvalue weighted by Crippen LogP contribution is -2.30. The van der Waals surface area contributed by atoms with Crippen molar-refractivity contribution in [3.05, 3.63) is 58.9 Å². The van der Waals surface area contributed by atoms with E-state index >= 15 is 0 Å². The Morgan fingerprint density at radius 3 is 2.60 bits per heavy atom. The van der Waals surface area contributed by atoms with E-state index in [9.17, 15) is 14.0 Å². The number of para-hydroxylation sites is 2. The van der Waals surface area contributed by atoms with Crippen LogP contribution in [0.25, 0.3) is 0 Å². The Kier molecular flexibility index (Phi) is 6.36. The number of amides is 1. The Labute approximate surface area is 149 Å². The smallest absolute Gasteiger partial charge is 0.311 e. The van der Waals surface area contributed by atoms with Crippen LogP contribution >= 0.6 is 11.6 Å². The van der Waals surface area contributed by atoms with Crippen LogP contribution in [0.5, 0.6) is 5.75 Å². The zero-order valence-corrected chi connectivity index (χ0v) is 14.5. The van der Waals surface area contributed by atoms with Crippen molar-refractivity contribution in [2.75, 3.05) is 12.4 Å². The van der Waals surface area contributed by atoms with Crippen LogP contribution < -0.4 is 10.1 Å². The number of hydrogen-bond acceptors (Lipinski definition) is 4. The molecule has 132 valence electrons. The first-order valence-corrected chi connectivity index (χ1v) is 7.86. The highest BCUT2D eigenvalue weighted by Gasteiger charge is 2.21. The number of carbonyl (C=O) groups excluding carboxylic acids is 2. The summed E-state index contributed by atoms with van der Waals surface area (Å²) < 4.78 is 23.9. The largest absolute Gasteiger partial charge is 0.495 e. The van der Waals surface area contributed by atoms with Crippen LogP contribution in [0.2, 0.25) is 5.02 Å². The number of ether oxygens (including phenoxy) is 2. The highest BCUT2D eigenvalue weighted by atomic mass is 35.5. The number of anilines is 1. The highest BCUT2D eigenvalue weighted by molar-refractivity contribution is 6.31. The number of rotatable bonds is 6. The van der Waals surface area contributed by atoms with E-state index in [1.54, 1.807) is 24.3 Å². The Morgan fingerprint density at radius 2 is 1.92 bits per heavy atom. The van der Waals surface area contributed by atoms with Gasteiger partial charge in [0.15, 0.2) is 6.10 Å². The molecule has 0 aliphatic rings. The summed E-state index contributed by atoms with van der Waals surface area (Å²) in [6.07, 6.45) is -1.43. The zero-order chi connectivity index (χ0) is 18.4. The van der Waals surface area contributed by atoms with E-state index < -0.39 is 23.8 Å². The summed E-state index contributed by atoms with van der Waals surface area (Å²) in [6.45, 7) is 1.42. The number of benzene rings is 2. The molecule has 7 heteroatoms. The maximum Gasteiger partial charge on any atom is 0.311 e. The van der Waals surface area contributed by atoms with Gasteiger partial charge in [0.25, 0.3) is 5.91 Å². The van der Waals surface area contributed by atoms with Crippen LogP contribution in [0.4, 0.5) is 10.1 Å². The van der Waals surface area contributed by atoms with Crippen LogP contribution in [0.3, 0.4) is 0 Å². The lowest BCUT2D eigenvalue weighted by molar-refractivity contribution is -0.152. The molecule has 0 unspecified atom stereocenters. The zero-order valence-electron chi connectivity index (χ0n) is 13.7. The van der Waals surface area contributed by atoms with E-state index in [0.29, 0.717) is 11.4 Å². The summed E-state index contributed by atoms with van der Waals surface area (Å²) in [5.41, 5.74) is 0.488. The second kappa shape index (κ2) is 8.48. The van der Waals surface area contributed by atoms with Crippen LogP contribution in [0.1, 0.15) is 12.5 Å². The molecule has 0 saturated heterocycles. The van der Waals surface area contributed by atoms with Crippen LogP contribution in [0.15, 0.2) is 42.5 Å². The van der Waals surface area contributed by atoms with Crippen molar-refractivity contribution in [3.63, 3.8) is 0 Å². The van der Waals surface area contributed by atoms with Gasteiger partial charge in [0, 0.05) is 10.6 Å². The van der Waals surface area contributed by atoms with Crippen LogP contribution in [-0.2, 0) is 20.7 Å². The predicted molar refractivity (Wildman–Crippen MR) is 92.3 cm³/mol. The highest BCUT2D eigenvalue weighted by Crippen LogP contribution is 2.23. The minimum Gasteiger partial charge on any atom is -0.495 e. The molecule has 0 heterocycles. The number of methoxy groups -OCH3 is 1. The first-order valence-electron chi connectivity index (χ1n) is 7.48. The fourth-order valence-corrected chi connectivity index (χ4v) is 2.35. The maximum atomic E-state index is 13.7. The Bertz CT molecular complexity index is 761. The minimum absolute atomic E-state index is 0.0338. The van der Waals surface area contributed by atoms with Gasteiger partial charge >= 0.3 is 5.97 Å². The van der Waals surface area contributed by atoms with E-state index in [-0.39, 0.29) is 17.0 Å². The molecule has 0 aromatic heterocycles. The van der Waals surface area contributed by atoms with Gasteiger partial charge in [-0.15, -0.1) is 0 Å². The monoisotopic (exact) mass is 365 g/mol. The third-order valence-corrected chi connectivity index (χ3v) is 3.78. The van der Waals surface area contributed by atoms with Gasteiger partial charge in [-0.1, -0.05) is 29.8 Å². The normalized spacial score (nSPS) is 11.5. The standard InChI is InChI=1S/C18H17ClFNO4/c1-11(18(23)21-15-8-3-4-9-16(15)24-2)25-17(22)10-12-13(19)6-5-7-14(12)20/h3-9,11H,10H2,1-2H3,(H,21,23)/t11-/m0/s1. The summed E-state index contributed by atoms with van der Waals surface area (Å²) >= 11 is 5.87. The lowest BCUT2D eigenvalue weighted by Gasteiger charge is -2.15. The fraction of sp³-hybridized carbons (Fsp3) is 0.222. The molecule has 1 atom stereocenters. The molecule has 0 aliphatic carbocycles. The molecule has 5 nitrogen and oxygen atoms in total. The molecule has 0 saturated carbocycles. The predicted octanol–water partition coefficient (Wildman–Crippen LogP) is 3.60. The Balaban J connectivity index is 1.97. The van der Waals surface area contributed by atoms with E-state index in [2.05, 4.69) is 5.32 Å². The van der Waals surface area contributed by atoms with Gasteiger partial charge in [0.2, 0.25) is 0 Å². The van der Waals surface area contributed by atoms with Gasteiger partial charge in [-0.25, -0.2) is 4.39 Å². The van der Waals surface area contributed by atoms with E-state index in [4.69, 9.17) is 21.1 Å². The van der Waals surface area contributed by atoms with E-state index in [1.165, 1.54) is 32.2 Å². The molecular weight excluding hydrogens is 349 g/mol. The van der Waals surface area contributed by atoms with Crippen LogP contribution in [0, 0.1) is 5.82 Å². The summed E-state index contributed by atoms with van der Waals surface area (Å²) in [4.78, 5) is 24.1. The van der Waals surface area contributed by atoms with Crippen molar-refractivity contribution in [2.24, 2.45) is 0 Å². The first-order chi connectivity index (χ1) is 11.9. The van der Waals surface area contributed by atoms with Crippen molar-refractivity contribution in [3.8, 4) is 5.75 Å². The molecule has 0 fully saturated rings. The van der Waals surface area contributed by atoms with Gasteiger partial charge in [-0.3, -0.25) is 9.59 Å². The molecule has 0 bridgehead atoms. The topological polar surface area (TPSA) is 64.6 Å². The molecular formula is C18H17ClFNO4. The van der Waals surface area contributed by atoms with E-state index in [0.717, 1.165) is 0 Å². The molecule has 2 rings (SSSR count). The maximum absolute atomic E-state index is 13.7. The van der Waals surface area contributed by atoms with Crippen molar-refractivity contribution in [2.45, 2.75) is 19.4 Å². The SMILES string of the molecule is COc1ccccc1NC(=O)[C@H](C)OC(=O)Cc1c(F)cccc1Cl. The van der Waals surface area contributed by atoms with Gasteiger partial charge in [0.05, 0.1) is 19.2 Å². The van der Waals surface area contributed by atoms with Gasteiger partial charge in [-0.2, -0.15) is 0 Å². The van der Waals surface area contributed by atoms with Gasteiger partial charge in [-0.05, 0) is 31.2 Å². The van der Waals surface area contributed by atoms with Crippen molar-refractivity contribution >= 4 is 29.2 Å². The first kappa shape index (κ1) is 18.7. The molecule has 25 heavy (non-hydrogen) atoms. The molecule has 1 N–H and O–H groups in total. The number of halogens is 2. The summed E-state index contributed by atoms with van der Waals surface area (Å²) in [5.74, 6) is -1.41. The number of esters is 1. The molecule has 0 radical (unpaired) electrons. The molecule has 2 aromatic carbocycles. The Hall–Kier alpha value is -2.60. The van der Waals surface area contributed by atoms with Crippen LogP contribution in [-0.4, -0.2) is 25.1 Å². The quantitative estimate of drug-likeness (QED) is 0.794. The molecule has 0 aliphatic heterocycles. The average Bonchev–Trinajstić information content (AvgIpc) is 2.58. The third-order valence-electron chi connectivity index (χ3n) is 3.43. The van der Waals surface area contributed by atoms with Crippen molar-refractivity contribution < 1.29 is 23.5 Å². The second-order valence-electron chi connectivity index (χ2n) is 5.20. The van der Waals surface area contributed by atoms with Crippen molar-refractivity contribution in [1.29, 1.82) is 0 Å². The number of carbonyl (C=O) groups is 2. The lowest BCUT2D eigenvalue weighted by atomic mass is 10.1. The average molecular weight is 366 g/mol. The van der Waals surface area contributed by atoms with Crippen molar-refractivity contribution in [1.82, 2.24) is 0 Å². The fourth-order valence-electron chi connectivity index (χ4n) is 2.12. The third kappa shape index (κ3) is 4.93. The molecule has 2 aromatic rings. The summed E-state index contributed by atoms with van der Waals surface area (Å²) in [6, 6.07) is 11.0. The number of nitrogens with one attached hydrogen (secondary N) is 1. The number of hydrogen-bond donors (Lipinski definition) is 1. The summed E-state index contributed by atoms with van der Waals surface area (Å²) in [7, 11) is 1.48. The van der Waals surface area contributed by atoms with Gasteiger partial charge in [0.1, 0.15) is 11.6 Å².